The van der Waals surface area contributed by atoms with E-state index in [2.05, 4.69) is 5.32 Å². The second-order valence-electron chi connectivity index (χ2n) is 4.77. The molecule has 1 N–H and O–H groups in total. The number of nitrogens with one attached hydrogen (secondary N) is 1. The highest BCUT2D eigenvalue weighted by Crippen LogP contribution is 2.31. The van der Waals surface area contributed by atoms with Crippen LogP contribution in [-0.4, -0.2) is 18.5 Å². The smallest absolute Gasteiger partial charge is 0.337 e. The molecule has 1 aromatic rings. The quantitative estimate of drug-likeness (QED) is 0.863. The molecule has 1 aliphatic heterocycles. The molecule has 108 valence electrons. The van der Waals surface area contributed by atoms with E-state index in [0.717, 1.165) is 29.2 Å². The van der Waals surface area contributed by atoms with Crippen LogP contribution in [0.3, 0.4) is 0 Å². The molecule has 0 saturated carbocycles. The standard InChI is InChI=1S/C13H13F3N2O2/c1-8-6-11(19)18(12(20)17-7-8)10-4-2-9(3-5-10)13(14,15)16/h2-5,8H,6-7H2,1H3,(H,17,20). The van der Waals surface area contributed by atoms with Crippen molar-refractivity contribution < 1.29 is 22.8 Å². The SMILES string of the molecule is CC1CNC(=O)N(c2ccc(C(F)(F)F)cc2)C(=O)C1. The molecule has 1 unspecified atom stereocenters. The van der Waals surface area contributed by atoms with Crippen molar-refractivity contribution in [3.63, 3.8) is 0 Å². The summed E-state index contributed by atoms with van der Waals surface area (Å²) in [6.45, 7) is 2.18. The lowest BCUT2D eigenvalue weighted by atomic mass is 10.1. The second-order valence-corrected chi connectivity index (χ2v) is 4.77. The van der Waals surface area contributed by atoms with Gasteiger partial charge in [0.25, 0.3) is 0 Å². The third kappa shape index (κ3) is 2.92. The first-order valence-corrected chi connectivity index (χ1v) is 6.07. The molecule has 1 saturated heterocycles. The van der Waals surface area contributed by atoms with Crippen LogP contribution in [0.2, 0.25) is 0 Å². The number of rotatable bonds is 1. The molecular formula is C13H13F3N2O2. The molecule has 1 heterocycles. The van der Waals surface area contributed by atoms with Crippen LogP contribution in [0.1, 0.15) is 18.9 Å². The van der Waals surface area contributed by atoms with Gasteiger partial charge in [0, 0.05) is 13.0 Å². The van der Waals surface area contributed by atoms with Crippen molar-refractivity contribution in [1.29, 1.82) is 0 Å². The molecule has 0 bridgehead atoms. The Bertz CT molecular complexity index is 525. The summed E-state index contributed by atoms with van der Waals surface area (Å²) < 4.78 is 37.4. The normalized spacial score (nSPS) is 20.6. The van der Waals surface area contributed by atoms with Crippen LogP contribution in [0.4, 0.5) is 23.7 Å². The first-order chi connectivity index (χ1) is 9.29. The first-order valence-electron chi connectivity index (χ1n) is 6.07. The molecule has 1 atom stereocenters. The minimum absolute atomic E-state index is 0.00843. The summed E-state index contributed by atoms with van der Waals surface area (Å²) >= 11 is 0. The summed E-state index contributed by atoms with van der Waals surface area (Å²) in [5.41, 5.74) is -0.688. The Morgan fingerprint density at radius 1 is 1.20 bits per heavy atom. The predicted octanol–water partition coefficient (Wildman–Crippen LogP) is 2.79. The van der Waals surface area contributed by atoms with E-state index in [-0.39, 0.29) is 18.0 Å². The highest BCUT2D eigenvalue weighted by molar-refractivity contribution is 6.14. The highest BCUT2D eigenvalue weighted by atomic mass is 19.4. The first kappa shape index (κ1) is 14.4. The monoisotopic (exact) mass is 286 g/mol. The van der Waals surface area contributed by atoms with E-state index < -0.39 is 23.7 Å². The van der Waals surface area contributed by atoms with E-state index in [1.54, 1.807) is 0 Å². The van der Waals surface area contributed by atoms with Crippen molar-refractivity contribution in [1.82, 2.24) is 5.32 Å². The molecule has 1 aliphatic rings. The van der Waals surface area contributed by atoms with Gasteiger partial charge in [-0.15, -0.1) is 0 Å². The number of benzene rings is 1. The van der Waals surface area contributed by atoms with Crippen LogP contribution in [0.5, 0.6) is 0 Å². The Balaban J connectivity index is 2.29. The van der Waals surface area contributed by atoms with E-state index >= 15 is 0 Å². The minimum atomic E-state index is -4.45. The summed E-state index contributed by atoms with van der Waals surface area (Å²) in [6.07, 6.45) is -4.28. The Morgan fingerprint density at radius 3 is 2.35 bits per heavy atom. The number of nitrogens with zero attached hydrogens (tertiary/aromatic N) is 1. The average molecular weight is 286 g/mol. The maximum absolute atomic E-state index is 12.5. The maximum Gasteiger partial charge on any atom is 0.416 e. The number of imide groups is 1. The van der Waals surface area contributed by atoms with Gasteiger partial charge in [0.1, 0.15) is 0 Å². The molecule has 0 aliphatic carbocycles. The number of alkyl halides is 3. The maximum atomic E-state index is 12.5. The summed E-state index contributed by atoms with van der Waals surface area (Å²) in [5.74, 6) is -0.432. The number of hydrogen-bond donors (Lipinski definition) is 1. The second kappa shape index (κ2) is 5.15. The predicted molar refractivity (Wildman–Crippen MR) is 66.1 cm³/mol. The molecule has 20 heavy (non-hydrogen) atoms. The van der Waals surface area contributed by atoms with E-state index in [1.807, 2.05) is 6.92 Å². The van der Waals surface area contributed by atoms with Gasteiger partial charge in [-0.3, -0.25) is 4.79 Å². The molecule has 2 rings (SSSR count). The number of amides is 3. The van der Waals surface area contributed by atoms with Crippen molar-refractivity contribution in [3.8, 4) is 0 Å². The van der Waals surface area contributed by atoms with Crippen molar-refractivity contribution in [2.24, 2.45) is 5.92 Å². The number of carbonyl (C=O) groups excluding carboxylic acids is 2. The van der Waals surface area contributed by atoms with Crippen LogP contribution < -0.4 is 10.2 Å². The molecule has 0 spiro atoms. The van der Waals surface area contributed by atoms with Crippen LogP contribution in [0, 0.1) is 5.92 Å². The molecule has 3 amide bonds. The topological polar surface area (TPSA) is 49.4 Å². The molecule has 0 radical (unpaired) electrons. The number of carbonyl (C=O) groups is 2. The number of hydrogen-bond acceptors (Lipinski definition) is 2. The summed E-state index contributed by atoms with van der Waals surface area (Å²) in [7, 11) is 0. The number of halogens is 3. The summed E-state index contributed by atoms with van der Waals surface area (Å²) in [6, 6.07) is 3.33. The van der Waals surface area contributed by atoms with E-state index in [1.165, 1.54) is 0 Å². The fraction of sp³-hybridized carbons (Fsp3) is 0.385. The number of urea groups is 1. The Kier molecular flexibility index (Phi) is 3.69. The molecule has 0 aromatic heterocycles. The highest BCUT2D eigenvalue weighted by Gasteiger charge is 2.32. The van der Waals surface area contributed by atoms with E-state index in [0.29, 0.717) is 6.54 Å². The van der Waals surface area contributed by atoms with Gasteiger partial charge in [0.05, 0.1) is 11.3 Å². The van der Waals surface area contributed by atoms with Crippen molar-refractivity contribution >= 4 is 17.6 Å². The summed E-state index contributed by atoms with van der Waals surface area (Å²) in [4.78, 5) is 24.7. The van der Waals surface area contributed by atoms with Gasteiger partial charge in [-0.2, -0.15) is 13.2 Å². The molecule has 7 heteroatoms. The lowest BCUT2D eigenvalue weighted by molar-refractivity contribution is -0.137. The van der Waals surface area contributed by atoms with Crippen molar-refractivity contribution in [3.05, 3.63) is 29.8 Å². The minimum Gasteiger partial charge on any atom is -0.337 e. The third-order valence-electron chi connectivity index (χ3n) is 3.03. The Hall–Kier alpha value is -2.05. The van der Waals surface area contributed by atoms with Gasteiger partial charge < -0.3 is 5.32 Å². The van der Waals surface area contributed by atoms with Crippen LogP contribution in [-0.2, 0) is 11.0 Å². The van der Waals surface area contributed by atoms with Gasteiger partial charge in [0.2, 0.25) is 5.91 Å². The average Bonchev–Trinajstić information content (AvgIpc) is 2.47. The lowest BCUT2D eigenvalue weighted by Crippen LogP contribution is -2.41. The van der Waals surface area contributed by atoms with E-state index in [4.69, 9.17) is 0 Å². The Morgan fingerprint density at radius 2 is 1.80 bits per heavy atom. The van der Waals surface area contributed by atoms with E-state index in [9.17, 15) is 22.8 Å². The van der Waals surface area contributed by atoms with Gasteiger partial charge >= 0.3 is 12.2 Å². The largest absolute Gasteiger partial charge is 0.416 e. The zero-order chi connectivity index (χ0) is 14.9. The van der Waals surface area contributed by atoms with Crippen LogP contribution in [0.25, 0.3) is 0 Å². The molecular weight excluding hydrogens is 273 g/mol. The fourth-order valence-electron chi connectivity index (χ4n) is 1.98. The zero-order valence-corrected chi connectivity index (χ0v) is 10.7. The molecule has 4 nitrogen and oxygen atoms in total. The van der Waals surface area contributed by atoms with Gasteiger partial charge in [-0.05, 0) is 30.2 Å². The zero-order valence-electron chi connectivity index (χ0n) is 10.7. The number of anilines is 1. The van der Waals surface area contributed by atoms with Crippen molar-refractivity contribution in [2.75, 3.05) is 11.4 Å². The van der Waals surface area contributed by atoms with Gasteiger partial charge in [-0.1, -0.05) is 6.92 Å². The van der Waals surface area contributed by atoms with Crippen LogP contribution >= 0.6 is 0 Å². The third-order valence-corrected chi connectivity index (χ3v) is 3.03. The summed E-state index contributed by atoms with van der Waals surface area (Å²) in [5, 5.41) is 2.56. The van der Waals surface area contributed by atoms with Gasteiger partial charge in [0.15, 0.2) is 0 Å². The lowest BCUT2D eigenvalue weighted by Gasteiger charge is -2.19. The van der Waals surface area contributed by atoms with Crippen LogP contribution in [0.15, 0.2) is 24.3 Å². The van der Waals surface area contributed by atoms with Gasteiger partial charge in [-0.25, -0.2) is 9.69 Å². The molecule has 1 fully saturated rings. The van der Waals surface area contributed by atoms with Crippen molar-refractivity contribution in [2.45, 2.75) is 19.5 Å². The fourth-order valence-corrected chi connectivity index (χ4v) is 1.98. The Labute approximate surface area is 113 Å². The molecule has 1 aromatic carbocycles.